The van der Waals surface area contributed by atoms with E-state index in [9.17, 15) is 4.39 Å². The molecule has 2 nitrogen and oxygen atoms in total. The van der Waals surface area contributed by atoms with Gasteiger partial charge in [-0.25, -0.2) is 4.39 Å². The maximum atomic E-state index is 14.0. The number of rotatable bonds is 6. The Bertz CT molecular complexity index is 425. The van der Waals surface area contributed by atoms with Crippen LogP contribution in [0.15, 0.2) is 18.2 Å². The molecule has 112 valence electrons. The summed E-state index contributed by atoms with van der Waals surface area (Å²) in [7, 11) is 0. The second kappa shape index (κ2) is 8.01. The molecule has 1 heterocycles. The lowest BCUT2D eigenvalue weighted by atomic mass is 10.1. The summed E-state index contributed by atoms with van der Waals surface area (Å²) in [6.07, 6.45) is 1.12. The van der Waals surface area contributed by atoms with E-state index < -0.39 is 0 Å². The van der Waals surface area contributed by atoms with Crippen molar-refractivity contribution in [3.05, 3.63) is 35.1 Å². The molecule has 1 saturated heterocycles. The number of hydrogen-bond donors (Lipinski definition) is 1. The number of thioether (sulfide) groups is 1. The lowest BCUT2D eigenvalue weighted by molar-refractivity contribution is 0.274. The fourth-order valence-corrected chi connectivity index (χ4v) is 3.63. The molecule has 1 fully saturated rings. The second-order valence-corrected chi connectivity index (χ2v) is 7.07. The van der Waals surface area contributed by atoms with E-state index in [-0.39, 0.29) is 5.82 Å². The van der Waals surface area contributed by atoms with Gasteiger partial charge in [-0.05, 0) is 24.6 Å². The van der Waals surface area contributed by atoms with Crippen molar-refractivity contribution < 1.29 is 4.39 Å². The van der Waals surface area contributed by atoms with E-state index in [0.717, 1.165) is 50.5 Å². The van der Waals surface area contributed by atoms with E-state index in [0.29, 0.717) is 5.25 Å². The monoisotopic (exact) mass is 296 g/mol. The van der Waals surface area contributed by atoms with Gasteiger partial charge in [0, 0.05) is 42.7 Å². The van der Waals surface area contributed by atoms with Crippen LogP contribution in [0.4, 0.5) is 4.39 Å². The Balaban J connectivity index is 1.96. The first kappa shape index (κ1) is 15.8. The van der Waals surface area contributed by atoms with Gasteiger partial charge < -0.3 is 5.32 Å². The molecule has 20 heavy (non-hydrogen) atoms. The Kier molecular flexibility index (Phi) is 6.33. The summed E-state index contributed by atoms with van der Waals surface area (Å²) >= 11 is 2.01. The van der Waals surface area contributed by atoms with Crippen LogP contribution in [-0.2, 0) is 13.1 Å². The Labute approximate surface area is 126 Å². The van der Waals surface area contributed by atoms with Crippen molar-refractivity contribution in [2.45, 2.75) is 38.6 Å². The van der Waals surface area contributed by atoms with Crippen molar-refractivity contribution in [3.8, 4) is 0 Å². The fourth-order valence-electron chi connectivity index (χ4n) is 2.54. The Morgan fingerprint density at radius 2 is 2.30 bits per heavy atom. The summed E-state index contributed by atoms with van der Waals surface area (Å²) in [5, 5.41) is 4.02. The normalized spacial score (nSPS) is 20.2. The van der Waals surface area contributed by atoms with Crippen molar-refractivity contribution in [1.29, 1.82) is 0 Å². The van der Waals surface area contributed by atoms with Gasteiger partial charge in [0.25, 0.3) is 0 Å². The first-order valence-electron chi connectivity index (χ1n) is 7.51. The highest BCUT2D eigenvalue weighted by Crippen LogP contribution is 2.21. The van der Waals surface area contributed by atoms with Crippen molar-refractivity contribution in [3.63, 3.8) is 0 Å². The summed E-state index contributed by atoms with van der Waals surface area (Å²) in [5.74, 6) is 1.08. The fraction of sp³-hybridized carbons (Fsp3) is 0.625. The van der Waals surface area contributed by atoms with Gasteiger partial charge in [0.2, 0.25) is 0 Å². The zero-order valence-electron chi connectivity index (χ0n) is 12.5. The van der Waals surface area contributed by atoms with Crippen LogP contribution in [0.1, 0.15) is 31.4 Å². The highest BCUT2D eigenvalue weighted by molar-refractivity contribution is 7.99. The minimum absolute atomic E-state index is 0.0740. The molecule has 4 heteroatoms. The molecule has 1 aromatic carbocycles. The molecular formula is C16H25FN2S. The highest BCUT2D eigenvalue weighted by atomic mass is 32.2. The minimum Gasteiger partial charge on any atom is -0.313 e. The molecule has 0 bridgehead atoms. The first-order chi connectivity index (χ1) is 9.69. The SMILES string of the molecule is CCCNCc1ccc(F)c(CN2CCSC(C)C2)c1. The predicted molar refractivity (Wildman–Crippen MR) is 85.6 cm³/mol. The van der Waals surface area contributed by atoms with Crippen molar-refractivity contribution in [2.24, 2.45) is 0 Å². The third kappa shape index (κ3) is 4.76. The summed E-state index contributed by atoms with van der Waals surface area (Å²) in [6, 6.07) is 5.51. The summed E-state index contributed by atoms with van der Waals surface area (Å²) in [5.41, 5.74) is 2.01. The highest BCUT2D eigenvalue weighted by Gasteiger charge is 2.18. The quantitative estimate of drug-likeness (QED) is 0.811. The van der Waals surface area contributed by atoms with Crippen LogP contribution in [0.3, 0.4) is 0 Å². The van der Waals surface area contributed by atoms with E-state index in [4.69, 9.17) is 0 Å². The van der Waals surface area contributed by atoms with Gasteiger partial charge >= 0.3 is 0 Å². The van der Waals surface area contributed by atoms with Crippen molar-refractivity contribution >= 4 is 11.8 Å². The van der Waals surface area contributed by atoms with E-state index in [1.165, 1.54) is 5.56 Å². The molecule has 0 aromatic heterocycles. The standard InChI is InChI=1S/C16H25FN2S/c1-3-6-18-10-14-4-5-16(17)15(9-14)12-19-7-8-20-13(2)11-19/h4-5,9,13,18H,3,6-8,10-12H2,1-2H3. The van der Waals surface area contributed by atoms with Crippen LogP contribution < -0.4 is 5.32 Å². The molecular weight excluding hydrogens is 271 g/mol. The van der Waals surface area contributed by atoms with Crippen LogP contribution in [0.2, 0.25) is 0 Å². The molecule has 1 unspecified atom stereocenters. The predicted octanol–water partition coefficient (Wildman–Crippen LogP) is 3.26. The first-order valence-corrected chi connectivity index (χ1v) is 8.56. The largest absolute Gasteiger partial charge is 0.313 e. The van der Waals surface area contributed by atoms with Gasteiger partial charge in [-0.1, -0.05) is 26.0 Å². The van der Waals surface area contributed by atoms with Gasteiger partial charge in [-0.3, -0.25) is 4.90 Å². The van der Waals surface area contributed by atoms with E-state index in [1.807, 2.05) is 23.9 Å². The molecule has 1 atom stereocenters. The van der Waals surface area contributed by atoms with E-state index in [2.05, 4.69) is 24.1 Å². The smallest absolute Gasteiger partial charge is 0.127 e. The topological polar surface area (TPSA) is 15.3 Å². The van der Waals surface area contributed by atoms with Gasteiger partial charge in [0.1, 0.15) is 5.82 Å². The van der Waals surface area contributed by atoms with Gasteiger partial charge in [-0.2, -0.15) is 11.8 Å². The average Bonchev–Trinajstić information content (AvgIpc) is 2.43. The number of halogens is 1. The molecule has 0 aliphatic carbocycles. The number of nitrogens with one attached hydrogen (secondary N) is 1. The third-order valence-corrected chi connectivity index (χ3v) is 4.72. The lowest BCUT2D eigenvalue weighted by Gasteiger charge is -2.30. The van der Waals surface area contributed by atoms with E-state index in [1.54, 1.807) is 6.07 Å². The molecule has 1 aliphatic heterocycles. The van der Waals surface area contributed by atoms with Crippen LogP contribution in [0.25, 0.3) is 0 Å². The Hall–Kier alpha value is -0.580. The average molecular weight is 296 g/mol. The number of nitrogens with zero attached hydrogens (tertiary/aromatic N) is 1. The lowest BCUT2D eigenvalue weighted by Crippen LogP contribution is -2.36. The molecule has 1 aromatic rings. The molecule has 0 amide bonds. The second-order valence-electron chi connectivity index (χ2n) is 5.52. The maximum absolute atomic E-state index is 14.0. The summed E-state index contributed by atoms with van der Waals surface area (Å²) < 4.78 is 14.0. The van der Waals surface area contributed by atoms with Crippen molar-refractivity contribution in [2.75, 3.05) is 25.4 Å². The summed E-state index contributed by atoms with van der Waals surface area (Å²) in [4.78, 5) is 2.36. The van der Waals surface area contributed by atoms with Crippen LogP contribution >= 0.6 is 11.8 Å². The Morgan fingerprint density at radius 1 is 1.45 bits per heavy atom. The molecule has 1 N–H and O–H groups in total. The summed E-state index contributed by atoms with van der Waals surface area (Å²) in [6.45, 7) is 9.09. The number of hydrogen-bond acceptors (Lipinski definition) is 3. The van der Waals surface area contributed by atoms with E-state index >= 15 is 0 Å². The molecule has 2 rings (SSSR count). The molecule has 0 saturated carbocycles. The van der Waals surface area contributed by atoms with Gasteiger partial charge in [0.15, 0.2) is 0 Å². The van der Waals surface area contributed by atoms with Crippen LogP contribution in [0.5, 0.6) is 0 Å². The Morgan fingerprint density at radius 3 is 3.05 bits per heavy atom. The molecule has 0 spiro atoms. The third-order valence-electron chi connectivity index (χ3n) is 3.59. The zero-order valence-corrected chi connectivity index (χ0v) is 13.3. The molecule has 1 aliphatic rings. The van der Waals surface area contributed by atoms with Crippen LogP contribution in [0, 0.1) is 5.82 Å². The zero-order chi connectivity index (χ0) is 14.4. The molecule has 0 radical (unpaired) electrons. The van der Waals surface area contributed by atoms with Gasteiger partial charge in [-0.15, -0.1) is 0 Å². The van der Waals surface area contributed by atoms with Crippen molar-refractivity contribution in [1.82, 2.24) is 10.2 Å². The maximum Gasteiger partial charge on any atom is 0.127 e. The number of benzene rings is 1. The van der Waals surface area contributed by atoms with Gasteiger partial charge in [0.05, 0.1) is 0 Å². The van der Waals surface area contributed by atoms with Crippen LogP contribution in [-0.4, -0.2) is 35.5 Å². The minimum atomic E-state index is -0.0740.